The van der Waals surface area contributed by atoms with Gasteiger partial charge in [0.15, 0.2) is 5.17 Å². The zero-order valence-corrected chi connectivity index (χ0v) is 8.73. The fourth-order valence-corrected chi connectivity index (χ4v) is 1.36. The first kappa shape index (κ1) is 14.0. The molecule has 0 aliphatic heterocycles. The quantitative estimate of drug-likeness (QED) is 0.303. The van der Waals surface area contributed by atoms with E-state index in [-0.39, 0.29) is 34.7 Å². The summed E-state index contributed by atoms with van der Waals surface area (Å²) >= 11 is 3.90. The summed E-state index contributed by atoms with van der Waals surface area (Å²) < 4.78 is 0. The van der Waals surface area contributed by atoms with Gasteiger partial charge in [0.1, 0.15) is 0 Å². The van der Waals surface area contributed by atoms with Gasteiger partial charge in [0, 0.05) is 5.69 Å². The Hall–Kier alpha value is 0.0400. The van der Waals surface area contributed by atoms with Crippen LogP contribution in [0.25, 0.3) is 0 Å². The minimum atomic E-state index is 0. The number of amidine groups is 1. The van der Waals surface area contributed by atoms with Crippen LogP contribution in [0, 0.1) is 5.41 Å². The Labute approximate surface area is 113 Å². The molecule has 4 heteroatoms. The second kappa shape index (κ2) is 6.51. The Kier molecular flexibility index (Phi) is 6.53. The molecule has 0 heterocycles. The van der Waals surface area contributed by atoms with E-state index in [1.165, 1.54) is 5.56 Å². The van der Waals surface area contributed by atoms with Crippen molar-refractivity contribution in [2.75, 3.05) is 5.32 Å². The normalized spacial score (nSPS) is 9.43. The molecule has 0 saturated heterocycles. The van der Waals surface area contributed by atoms with Crippen LogP contribution in [0.3, 0.4) is 0 Å². The van der Waals surface area contributed by atoms with E-state index < -0.39 is 0 Å². The topological polar surface area (TPSA) is 35.9 Å². The van der Waals surface area contributed by atoms with Crippen molar-refractivity contribution in [2.45, 2.75) is 19.8 Å². The number of anilines is 1. The van der Waals surface area contributed by atoms with Gasteiger partial charge in [0.25, 0.3) is 0 Å². The summed E-state index contributed by atoms with van der Waals surface area (Å²) in [5, 5.41) is 10.3. The average Bonchev–Trinajstić information content (AvgIpc) is 2.03. The van der Waals surface area contributed by atoms with E-state index in [0.717, 1.165) is 5.69 Å². The van der Waals surface area contributed by atoms with E-state index in [2.05, 4.69) is 37.9 Å². The van der Waals surface area contributed by atoms with Gasteiger partial charge in [-0.1, -0.05) is 32.0 Å². The predicted molar refractivity (Wildman–Crippen MR) is 68.0 cm³/mol. The van der Waals surface area contributed by atoms with Crippen LogP contribution in [-0.2, 0) is 0 Å². The Bertz CT molecular complexity index is 313. The maximum atomic E-state index is 7.22. The van der Waals surface area contributed by atoms with E-state index >= 15 is 0 Å². The van der Waals surface area contributed by atoms with Crippen molar-refractivity contribution in [3.63, 3.8) is 0 Å². The van der Waals surface area contributed by atoms with Gasteiger partial charge in [-0.05, 0) is 17.5 Å². The molecule has 0 aromatic heterocycles. The summed E-state index contributed by atoms with van der Waals surface area (Å²) in [6.07, 6.45) is 0. The summed E-state index contributed by atoms with van der Waals surface area (Å²) in [4.78, 5) is 0. The zero-order valence-electron chi connectivity index (χ0n) is 7.83. The third-order valence-corrected chi connectivity index (χ3v) is 1.95. The van der Waals surface area contributed by atoms with Crippen LogP contribution in [0.15, 0.2) is 24.3 Å². The summed E-state index contributed by atoms with van der Waals surface area (Å²) in [6.45, 7) is 4.26. The molecule has 0 radical (unpaired) electrons. The van der Waals surface area contributed by atoms with Crippen molar-refractivity contribution in [1.82, 2.24) is 0 Å². The molecule has 1 aromatic carbocycles. The number of benzene rings is 1. The van der Waals surface area contributed by atoms with Gasteiger partial charge in [-0.15, -0.1) is 12.6 Å². The molecule has 72 valence electrons. The number of para-hydroxylation sites is 1. The predicted octanol–water partition coefficient (Wildman–Crippen LogP) is 2.44. The molecule has 14 heavy (non-hydrogen) atoms. The second-order valence-electron chi connectivity index (χ2n) is 3.22. The molecule has 2 nitrogen and oxygen atoms in total. The molecule has 0 aliphatic carbocycles. The van der Waals surface area contributed by atoms with Gasteiger partial charge in [0.2, 0.25) is 0 Å². The van der Waals surface area contributed by atoms with Gasteiger partial charge in [-0.3, -0.25) is 5.41 Å². The molecule has 0 atom stereocenters. The van der Waals surface area contributed by atoms with E-state index in [1.807, 2.05) is 18.2 Å². The fourth-order valence-electron chi connectivity index (χ4n) is 1.24. The Morgan fingerprint density at radius 1 is 1.36 bits per heavy atom. The van der Waals surface area contributed by atoms with E-state index in [9.17, 15) is 0 Å². The number of thiol groups is 1. The van der Waals surface area contributed by atoms with Crippen LogP contribution in [-0.4, -0.2) is 34.7 Å². The number of hydrogen-bond acceptors (Lipinski definition) is 1. The molecule has 0 bridgehead atoms. The summed E-state index contributed by atoms with van der Waals surface area (Å²) in [5.41, 5.74) is 2.18. The monoisotopic (exact) mass is 218 g/mol. The van der Waals surface area contributed by atoms with E-state index in [1.54, 1.807) is 0 Å². The molecule has 2 N–H and O–H groups in total. The van der Waals surface area contributed by atoms with Crippen molar-refractivity contribution in [3.8, 4) is 0 Å². The Morgan fingerprint density at radius 2 is 1.93 bits per heavy atom. The molecule has 0 unspecified atom stereocenters. The van der Waals surface area contributed by atoms with Crippen molar-refractivity contribution in [1.29, 1.82) is 5.41 Å². The summed E-state index contributed by atoms with van der Waals surface area (Å²) in [5.74, 6) is 0.455. The summed E-state index contributed by atoms with van der Waals surface area (Å²) in [6, 6.07) is 7.97. The fraction of sp³-hybridized carbons (Fsp3) is 0.300. The average molecular weight is 218 g/mol. The van der Waals surface area contributed by atoms with Crippen molar-refractivity contribution < 1.29 is 0 Å². The summed E-state index contributed by atoms with van der Waals surface area (Å²) in [7, 11) is 0. The first-order valence-electron chi connectivity index (χ1n) is 4.24. The van der Waals surface area contributed by atoms with E-state index in [4.69, 9.17) is 5.41 Å². The standard InChI is InChI=1S/C10H14N2S.Na.H/c1-7(2)8-5-3-4-6-9(8)12-10(11)13;;/h3-7H,1-2H3,(H3,11,12,13);;. The second-order valence-corrected chi connectivity index (χ2v) is 3.66. The number of hydrogen-bond donors (Lipinski definition) is 3. The van der Waals surface area contributed by atoms with Crippen molar-refractivity contribution >= 4 is 53.0 Å². The number of nitrogens with one attached hydrogen (secondary N) is 2. The van der Waals surface area contributed by atoms with Gasteiger partial charge in [-0.25, -0.2) is 0 Å². The van der Waals surface area contributed by atoms with E-state index in [0.29, 0.717) is 5.92 Å². The molecular formula is C10H15N2NaS. The molecule has 0 fully saturated rings. The molecule has 0 amide bonds. The van der Waals surface area contributed by atoms with Crippen LogP contribution in [0.4, 0.5) is 5.69 Å². The third-order valence-electron chi connectivity index (χ3n) is 1.84. The number of rotatable bonds is 2. The van der Waals surface area contributed by atoms with Crippen molar-refractivity contribution in [3.05, 3.63) is 29.8 Å². The van der Waals surface area contributed by atoms with Crippen LogP contribution in [0.1, 0.15) is 25.3 Å². The molecule has 1 rings (SSSR count). The maximum absolute atomic E-state index is 7.22. The molecule has 0 aliphatic rings. The Balaban J connectivity index is 0.00000169. The van der Waals surface area contributed by atoms with Gasteiger partial charge in [-0.2, -0.15) is 0 Å². The first-order valence-corrected chi connectivity index (χ1v) is 4.69. The zero-order chi connectivity index (χ0) is 9.84. The molecule has 0 spiro atoms. The van der Waals surface area contributed by atoms with Crippen LogP contribution in [0.5, 0.6) is 0 Å². The SMILES string of the molecule is CC(C)c1ccccc1NC(=N)S.[NaH]. The van der Waals surface area contributed by atoms with Gasteiger partial charge >= 0.3 is 29.6 Å². The molecule has 0 saturated carbocycles. The van der Waals surface area contributed by atoms with Gasteiger partial charge in [0.05, 0.1) is 0 Å². The van der Waals surface area contributed by atoms with Crippen LogP contribution < -0.4 is 5.32 Å². The van der Waals surface area contributed by atoms with Crippen LogP contribution in [0.2, 0.25) is 0 Å². The third kappa shape index (κ3) is 4.05. The molecule has 1 aromatic rings. The van der Waals surface area contributed by atoms with Gasteiger partial charge < -0.3 is 5.32 Å². The Morgan fingerprint density at radius 3 is 2.43 bits per heavy atom. The minimum absolute atomic E-state index is 0. The first-order chi connectivity index (χ1) is 6.11. The van der Waals surface area contributed by atoms with Crippen molar-refractivity contribution in [2.24, 2.45) is 0 Å². The van der Waals surface area contributed by atoms with Crippen LogP contribution >= 0.6 is 12.6 Å². The molecular weight excluding hydrogens is 203 g/mol.